The van der Waals surface area contributed by atoms with Crippen molar-refractivity contribution in [1.29, 1.82) is 0 Å². The zero-order chi connectivity index (χ0) is 14.4. The number of carbonyl (C=O) groups is 1. The van der Waals surface area contributed by atoms with Gasteiger partial charge in [-0.25, -0.2) is 0 Å². The summed E-state index contributed by atoms with van der Waals surface area (Å²) >= 11 is 0. The smallest absolute Gasteiger partial charge is 0.204 e. The molecule has 1 aromatic rings. The van der Waals surface area contributed by atoms with Gasteiger partial charge in [-0.05, 0) is 32.5 Å². The van der Waals surface area contributed by atoms with E-state index in [4.69, 9.17) is 19.9 Å². The fraction of sp³-hybridized carbons (Fsp3) is 0.500. The minimum absolute atomic E-state index is 0.0703. The highest BCUT2D eigenvalue weighted by Crippen LogP contribution is 2.40. The molecule has 0 bridgehead atoms. The van der Waals surface area contributed by atoms with E-state index in [0.29, 0.717) is 29.4 Å². The molecule has 0 atom stereocenters. The first-order valence-electron chi connectivity index (χ1n) is 6.20. The maximum Gasteiger partial charge on any atom is 0.204 e. The molecule has 1 aromatic carbocycles. The van der Waals surface area contributed by atoms with Gasteiger partial charge in [0.05, 0.1) is 25.9 Å². The van der Waals surface area contributed by atoms with E-state index >= 15 is 0 Å². The molecule has 0 aliphatic rings. The number of nitrogens with two attached hydrogens (primary N) is 1. The summed E-state index contributed by atoms with van der Waals surface area (Å²) in [4.78, 5) is 12.1. The predicted molar refractivity (Wildman–Crippen MR) is 73.3 cm³/mol. The summed E-state index contributed by atoms with van der Waals surface area (Å²) in [7, 11) is 3.06. The van der Waals surface area contributed by atoms with Crippen LogP contribution in [0.2, 0.25) is 0 Å². The molecular formula is C14H21NO4. The van der Waals surface area contributed by atoms with Crippen LogP contribution in [0, 0.1) is 0 Å². The van der Waals surface area contributed by atoms with Crippen LogP contribution < -0.4 is 19.9 Å². The first kappa shape index (κ1) is 15.3. The van der Waals surface area contributed by atoms with Crippen LogP contribution in [0.4, 0.5) is 0 Å². The van der Waals surface area contributed by atoms with Gasteiger partial charge in [0.1, 0.15) is 0 Å². The third-order valence-electron chi connectivity index (χ3n) is 2.53. The molecule has 0 saturated carbocycles. The van der Waals surface area contributed by atoms with Gasteiger partial charge in [0, 0.05) is 6.42 Å². The number of rotatable bonds is 7. The number of hydrogen-bond acceptors (Lipinski definition) is 5. The summed E-state index contributed by atoms with van der Waals surface area (Å²) in [5, 5.41) is 0. The molecule has 106 valence electrons. The van der Waals surface area contributed by atoms with Gasteiger partial charge in [0.2, 0.25) is 5.75 Å². The fourth-order valence-corrected chi connectivity index (χ4v) is 1.74. The van der Waals surface area contributed by atoms with E-state index in [0.717, 1.165) is 0 Å². The van der Waals surface area contributed by atoms with E-state index in [1.807, 2.05) is 13.8 Å². The predicted octanol–water partition coefficient (Wildman–Crippen LogP) is 2.02. The van der Waals surface area contributed by atoms with Crippen molar-refractivity contribution < 1.29 is 19.0 Å². The number of ether oxygens (including phenoxy) is 3. The van der Waals surface area contributed by atoms with Gasteiger partial charge in [0.15, 0.2) is 17.3 Å². The lowest BCUT2D eigenvalue weighted by Gasteiger charge is -2.18. The van der Waals surface area contributed by atoms with Crippen molar-refractivity contribution in [1.82, 2.24) is 0 Å². The van der Waals surface area contributed by atoms with Gasteiger partial charge in [-0.1, -0.05) is 0 Å². The lowest BCUT2D eigenvalue weighted by molar-refractivity contribution is 0.0978. The Morgan fingerprint density at radius 3 is 2.37 bits per heavy atom. The van der Waals surface area contributed by atoms with E-state index in [1.165, 1.54) is 7.11 Å². The van der Waals surface area contributed by atoms with Crippen LogP contribution >= 0.6 is 0 Å². The highest BCUT2D eigenvalue weighted by Gasteiger charge is 2.21. The molecule has 0 spiro atoms. The molecule has 2 N–H and O–H groups in total. The molecule has 0 aliphatic carbocycles. The zero-order valence-electron chi connectivity index (χ0n) is 11.9. The Labute approximate surface area is 113 Å². The van der Waals surface area contributed by atoms with Crippen molar-refractivity contribution in [3.05, 3.63) is 17.7 Å². The minimum Gasteiger partial charge on any atom is -0.493 e. The Bertz CT molecular complexity index is 443. The normalized spacial score (nSPS) is 10.4. The van der Waals surface area contributed by atoms with Gasteiger partial charge >= 0.3 is 0 Å². The Morgan fingerprint density at radius 1 is 1.21 bits per heavy atom. The number of ketones is 1. The number of hydrogen-bond donors (Lipinski definition) is 1. The second kappa shape index (κ2) is 6.99. The molecule has 0 unspecified atom stereocenters. The highest BCUT2D eigenvalue weighted by atomic mass is 16.5. The average molecular weight is 267 g/mol. The number of benzene rings is 1. The molecule has 0 heterocycles. The quantitative estimate of drug-likeness (QED) is 0.765. The highest BCUT2D eigenvalue weighted by molar-refractivity contribution is 6.00. The number of carbonyl (C=O) groups excluding carboxylic acids is 1. The average Bonchev–Trinajstić information content (AvgIpc) is 2.37. The van der Waals surface area contributed by atoms with Crippen LogP contribution in [0.25, 0.3) is 0 Å². The standard InChI is InChI=1S/C14H21NO4/c1-9(2)19-13-10(11(16)7-8-15)5-6-12(17-3)14(13)18-4/h5-6,9H,7-8,15H2,1-4H3. The van der Waals surface area contributed by atoms with Crippen molar-refractivity contribution in [3.8, 4) is 17.2 Å². The van der Waals surface area contributed by atoms with E-state index in [2.05, 4.69) is 0 Å². The largest absolute Gasteiger partial charge is 0.493 e. The monoisotopic (exact) mass is 267 g/mol. The van der Waals surface area contributed by atoms with Crippen LogP contribution in [0.1, 0.15) is 30.6 Å². The molecule has 0 saturated heterocycles. The molecular weight excluding hydrogens is 246 g/mol. The van der Waals surface area contributed by atoms with Gasteiger partial charge in [-0.15, -0.1) is 0 Å². The summed E-state index contributed by atoms with van der Waals surface area (Å²) in [6.45, 7) is 4.07. The third-order valence-corrected chi connectivity index (χ3v) is 2.53. The van der Waals surface area contributed by atoms with Crippen molar-refractivity contribution in [2.24, 2.45) is 5.73 Å². The first-order valence-corrected chi connectivity index (χ1v) is 6.20. The van der Waals surface area contributed by atoms with E-state index in [-0.39, 0.29) is 18.3 Å². The molecule has 5 nitrogen and oxygen atoms in total. The third kappa shape index (κ3) is 3.61. The van der Waals surface area contributed by atoms with Crippen LogP contribution in [-0.4, -0.2) is 32.7 Å². The molecule has 0 fully saturated rings. The first-order chi connectivity index (χ1) is 9.04. The van der Waals surface area contributed by atoms with Crippen LogP contribution in [0.5, 0.6) is 17.2 Å². The van der Waals surface area contributed by atoms with Gasteiger partial charge < -0.3 is 19.9 Å². The van der Waals surface area contributed by atoms with E-state index in [9.17, 15) is 4.79 Å². The van der Waals surface area contributed by atoms with Crippen LogP contribution in [0.3, 0.4) is 0 Å². The SMILES string of the molecule is COc1ccc(C(=O)CCN)c(OC(C)C)c1OC. The van der Waals surface area contributed by atoms with Crippen LogP contribution in [0.15, 0.2) is 12.1 Å². The molecule has 19 heavy (non-hydrogen) atoms. The molecule has 0 aromatic heterocycles. The van der Waals surface area contributed by atoms with Gasteiger partial charge in [-0.2, -0.15) is 0 Å². The molecule has 0 aliphatic heterocycles. The summed E-state index contributed by atoms with van der Waals surface area (Å²) in [5.41, 5.74) is 5.90. The second-order valence-corrected chi connectivity index (χ2v) is 4.31. The van der Waals surface area contributed by atoms with Crippen LogP contribution in [-0.2, 0) is 0 Å². The number of Topliss-reactive ketones (excluding diaryl/α,β-unsaturated/α-hetero) is 1. The zero-order valence-corrected chi connectivity index (χ0v) is 11.9. The van der Waals surface area contributed by atoms with Gasteiger partial charge in [0.25, 0.3) is 0 Å². The van der Waals surface area contributed by atoms with Crippen molar-refractivity contribution >= 4 is 5.78 Å². The maximum absolute atomic E-state index is 12.1. The Balaban J connectivity index is 3.33. The lowest BCUT2D eigenvalue weighted by atomic mass is 10.1. The van der Waals surface area contributed by atoms with Crippen molar-refractivity contribution in [2.45, 2.75) is 26.4 Å². The molecule has 1 rings (SSSR count). The van der Waals surface area contributed by atoms with Gasteiger partial charge in [-0.3, -0.25) is 4.79 Å². The Kier molecular flexibility index (Phi) is 5.63. The Hall–Kier alpha value is -1.75. The topological polar surface area (TPSA) is 70.8 Å². The molecule has 0 radical (unpaired) electrons. The maximum atomic E-state index is 12.1. The van der Waals surface area contributed by atoms with Crippen molar-refractivity contribution in [3.63, 3.8) is 0 Å². The fourth-order valence-electron chi connectivity index (χ4n) is 1.74. The summed E-state index contributed by atoms with van der Waals surface area (Å²) in [6.07, 6.45) is 0.189. The summed E-state index contributed by atoms with van der Waals surface area (Å²) < 4.78 is 16.2. The summed E-state index contributed by atoms with van der Waals surface area (Å²) in [5.74, 6) is 1.30. The lowest BCUT2D eigenvalue weighted by Crippen LogP contribution is -2.14. The van der Waals surface area contributed by atoms with E-state index in [1.54, 1.807) is 19.2 Å². The number of methoxy groups -OCH3 is 2. The Morgan fingerprint density at radius 2 is 1.89 bits per heavy atom. The van der Waals surface area contributed by atoms with Crippen molar-refractivity contribution in [2.75, 3.05) is 20.8 Å². The minimum atomic E-state index is -0.0783. The van der Waals surface area contributed by atoms with E-state index < -0.39 is 0 Å². The molecule has 0 amide bonds. The molecule has 5 heteroatoms. The second-order valence-electron chi connectivity index (χ2n) is 4.31. The summed E-state index contributed by atoms with van der Waals surface area (Å²) in [6, 6.07) is 3.37.